The Morgan fingerprint density at radius 2 is 1.83 bits per heavy atom. The highest BCUT2D eigenvalue weighted by Gasteiger charge is 2.09. The molecule has 0 fully saturated rings. The minimum atomic E-state index is 0.775. The van der Waals surface area contributed by atoms with E-state index in [1.165, 1.54) is 34.4 Å². The van der Waals surface area contributed by atoms with Gasteiger partial charge < -0.3 is 10.1 Å². The Morgan fingerprint density at radius 1 is 0.931 bits per heavy atom. The molecule has 1 N–H and O–H groups in total. The molecule has 29 heavy (non-hydrogen) atoms. The van der Waals surface area contributed by atoms with E-state index < -0.39 is 0 Å². The Morgan fingerprint density at radius 3 is 2.62 bits per heavy atom. The summed E-state index contributed by atoms with van der Waals surface area (Å²) in [6.07, 6.45) is 7.95. The zero-order valence-electron chi connectivity index (χ0n) is 17.4. The van der Waals surface area contributed by atoms with Crippen LogP contribution in [0.3, 0.4) is 0 Å². The van der Waals surface area contributed by atoms with Crippen LogP contribution in [-0.4, -0.2) is 13.2 Å². The lowest BCUT2D eigenvalue weighted by molar-refractivity contribution is 0.306. The monoisotopic (exact) mass is 406 g/mol. The molecule has 0 unspecified atom stereocenters. The highest BCUT2D eigenvalue weighted by atomic mass is 32.1. The lowest BCUT2D eigenvalue weighted by Crippen LogP contribution is -2.14. The van der Waals surface area contributed by atoms with Crippen molar-refractivity contribution in [1.82, 2.24) is 5.32 Å². The fourth-order valence-corrected chi connectivity index (χ4v) is 4.10. The first-order valence-corrected chi connectivity index (χ1v) is 11.6. The highest BCUT2D eigenvalue weighted by Crippen LogP contribution is 2.34. The van der Waals surface area contributed by atoms with Gasteiger partial charge in [0.15, 0.2) is 0 Å². The van der Waals surface area contributed by atoms with Crippen LogP contribution in [0.1, 0.15) is 43.7 Å². The van der Waals surface area contributed by atoms with E-state index in [1.54, 1.807) is 11.3 Å². The second-order valence-corrected chi connectivity index (χ2v) is 8.27. The first kappa shape index (κ1) is 21.6. The van der Waals surface area contributed by atoms with Crippen molar-refractivity contribution in [3.63, 3.8) is 0 Å². The molecule has 0 saturated carbocycles. The van der Waals surface area contributed by atoms with Crippen molar-refractivity contribution in [2.45, 2.75) is 45.6 Å². The maximum absolute atomic E-state index is 6.19. The van der Waals surface area contributed by atoms with Gasteiger partial charge in [0.05, 0.1) is 6.61 Å². The van der Waals surface area contributed by atoms with E-state index >= 15 is 0 Å². The summed E-state index contributed by atoms with van der Waals surface area (Å²) in [7, 11) is 0. The molecule has 1 aromatic heterocycles. The van der Waals surface area contributed by atoms with Crippen LogP contribution in [0.4, 0.5) is 0 Å². The molecule has 3 rings (SSSR count). The van der Waals surface area contributed by atoms with Crippen LogP contribution in [0.2, 0.25) is 0 Å². The molecule has 0 aliphatic rings. The summed E-state index contributed by atoms with van der Waals surface area (Å²) in [5.74, 6) is 1.00. The standard InChI is InChI=1S/C26H32NOS/c1-2-3-17-27-21-23-15-16-25(24(20-23)26-14-10-19-29-26)28-18-9-5-8-13-22-11-6-4-7-12-22/h2,4,6-7,10-12,14-16,19-20,27H,3,5,8-9,13,17-18,21H2,1H3. The molecule has 0 aliphatic carbocycles. The topological polar surface area (TPSA) is 21.3 Å². The van der Waals surface area contributed by atoms with Gasteiger partial charge in [-0.1, -0.05) is 49.4 Å². The van der Waals surface area contributed by atoms with Gasteiger partial charge in [-0.25, -0.2) is 0 Å². The number of benzene rings is 2. The molecule has 2 nitrogen and oxygen atoms in total. The van der Waals surface area contributed by atoms with Crippen molar-refractivity contribution in [2.24, 2.45) is 0 Å². The zero-order chi connectivity index (χ0) is 20.2. The van der Waals surface area contributed by atoms with Crippen LogP contribution in [0.15, 0.2) is 66.0 Å². The molecule has 0 amide bonds. The van der Waals surface area contributed by atoms with Crippen molar-refractivity contribution in [1.29, 1.82) is 0 Å². The van der Waals surface area contributed by atoms with Crippen molar-refractivity contribution in [3.05, 3.63) is 83.6 Å². The first-order valence-electron chi connectivity index (χ1n) is 10.7. The zero-order valence-corrected chi connectivity index (χ0v) is 18.2. The number of aryl methyl sites for hydroxylation is 1. The van der Waals surface area contributed by atoms with E-state index in [-0.39, 0.29) is 0 Å². The molecule has 2 aromatic carbocycles. The summed E-state index contributed by atoms with van der Waals surface area (Å²) in [5.41, 5.74) is 3.94. The summed E-state index contributed by atoms with van der Waals surface area (Å²) in [4.78, 5) is 1.27. The lowest BCUT2D eigenvalue weighted by Gasteiger charge is -2.13. The number of hydrogen-bond donors (Lipinski definition) is 1. The summed E-state index contributed by atoms with van der Waals surface area (Å²) < 4.78 is 6.19. The Balaban J connectivity index is 1.49. The van der Waals surface area contributed by atoms with Crippen LogP contribution in [0.5, 0.6) is 5.75 Å². The van der Waals surface area contributed by atoms with E-state index in [0.29, 0.717) is 0 Å². The molecule has 0 spiro atoms. The van der Waals surface area contributed by atoms with Crippen LogP contribution in [-0.2, 0) is 13.0 Å². The molecule has 0 aliphatic heterocycles. The van der Waals surface area contributed by atoms with Gasteiger partial charge >= 0.3 is 0 Å². The molecule has 3 heteroatoms. The molecule has 0 atom stereocenters. The molecule has 1 radical (unpaired) electrons. The number of unbranched alkanes of at least 4 members (excludes halogenated alkanes) is 3. The van der Waals surface area contributed by atoms with E-state index in [2.05, 4.69) is 84.7 Å². The minimum Gasteiger partial charge on any atom is -0.493 e. The highest BCUT2D eigenvalue weighted by molar-refractivity contribution is 7.13. The number of thiophene rings is 1. The van der Waals surface area contributed by atoms with Gasteiger partial charge in [0.25, 0.3) is 0 Å². The van der Waals surface area contributed by atoms with E-state index in [4.69, 9.17) is 4.74 Å². The molecule has 153 valence electrons. The smallest absolute Gasteiger partial charge is 0.127 e. The van der Waals surface area contributed by atoms with Gasteiger partial charge in [-0.05, 0) is 79.8 Å². The van der Waals surface area contributed by atoms with Gasteiger partial charge in [-0.2, -0.15) is 0 Å². The van der Waals surface area contributed by atoms with Gasteiger partial charge in [0.2, 0.25) is 0 Å². The molecule has 3 aromatic rings. The van der Waals surface area contributed by atoms with Crippen molar-refractivity contribution >= 4 is 11.3 Å². The Hall–Kier alpha value is -2.10. The van der Waals surface area contributed by atoms with E-state index in [1.807, 2.05) is 0 Å². The summed E-state index contributed by atoms with van der Waals surface area (Å²) in [6, 6.07) is 21.6. The van der Waals surface area contributed by atoms with Gasteiger partial charge in [-0.15, -0.1) is 11.3 Å². The summed E-state index contributed by atoms with van der Waals surface area (Å²) in [5, 5.41) is 5.64. The molecular weight excluding hydrogens is 374 g/mol. The minimum absolute atomic E-state index is 0.775. The van der Waals surface area contributed by atoms with Gasteiger partial charge in [0.1, 0.15) is 5.75 Å². The average molecular weight is 407 g/mol. The third-order valence-electron chi connectivity index (χ3n) is 4.98. The number of hydrogen-bond acceptors (Lipinski definition) is 3. The lowest BCUT2D eigenvalue weighted by atomic mass is 10.1. The third kappa shape index (κ3) is 7.34. The van der Waals surface area contributed by atoms with Crippen LogP contribution >= 0.6 is 11.3 Å². The quantitative estimate of drug-likeness (QED) is 0.311. The second kappa shape index (κ2) is 12.5. The summed E-state index contributed by atoms with van der Waals surface area (Å²) >= 11 is 1.77. The summed E-state index contributed by atoms with van der Waals surface area (Å²) in [6.45, 7) is 4.79. The first-order chi connectivity index (χ1) is 14.4. The molecule has 0 bridgehead atoms. The van der Waals surface area contributed by atoms with Crippen LogP contribution in [0, 0.1) is 6.42 Å². The van der Waals surface area contributed by atoms with Crippen molar-refractivity contribution < 1.29 is 4.74 Å². The third-order valence-corrected chi connectivity index (χ3v) is 5.88. The molecule has 1 heterocycles. The molecular formula is C26H32NOS. The maximum Gasteiger partial charge on any atom is 0.127 e. The van der Waals surface area contributed by atoms with Gasteiger partial charge in [-0.3, -0.25) is 0 Å². The SMILES string of the molecule is C[CH]CCNCc1ccc(OCCCCCc2ccccc2)c(-c2cccs2)c1. The normalized spacial score (nSPS) is 10.9. The maximum atomic E-state index is 6.19. The number of rotatable bonds is 13. The fourth-order valence-electron chi connectivity index (χ4n) is 3.35. The van der Waals surface area contributed by atoms with Crippen LogP contribution < -0.4 is 10.1 Å². The second-order valence-electron chi connectivity index (χ2n) is 7.33. The van der Waals surface area contributed by atoms with E-state index in [0.717, 1.165) is 44.7 Å². The van der Waals surface area contributed by atoms with E-state index in [9.17, 15) is 0 Å². The fraction of sp³-hybridized carbons (Fsp3) is 0.346. The number of ether oxygens (including phenoxy) is 1. The predicted molar refractivity (Wildman–Crippen MR) is 126 cm³/mol. The largest absolute Gasteiger partial charge is 0.493 e. The van der Waals surface area contributed by atoms with Crippen molar-refractivity contribution in [2.75, 3.05) is 13.2 Å². The Labute approximate surface area is 179 Å². The predicted octanol–water partition coefficient (Wildman–Crippen LogP) is 6.91. The molecule has 0 saturated heterocycles. The Kier molecular flexibility index (Phi) is 9.28. The number of nitrogens with one attached hydrogen (secondary N) is 1. The van der Waals surface area contributed by atoms with Crippen LogP contribution in [0.25, 0.3) is 10.4 Å². The van der Waals surface area contributed by atoms with Gasteiger partial charge in [0, 0.05) is 17.0 Å². The Bertz CT molecular complexity index is 814. The average Bonchev–Trinajstić information content (AvgIpc) is 3.30. The van der Waals surface area contributed by atoms with Crippen molar-refractivity contribution in [3.8, 4) is 16.2 Å².